The molecule has 2 aliphatic rings. The summed E-state index contributed by atoms with van der Waals surface area (Å²) in [5, 5.41) is 13.9. The standard InChI is InChI=1S/C17H26N2O/c1-18-16(12-19-10-2-3-11-19)17(20)15-8-6-14(7-9-15)13-4-5-13/h6-9,13,16-18,20H,2-5,10-12H2,1H3. The monoisotopic (exact) mass is 274 g/mol. The molecule has 1 heterocycles. The van der Waals surface area contributed by atoms with Gasteiger partial charge in [0.25, 0.3) is 0 Å². The summed E-state index contributed by atoms with van der Waals surface area (Å²) in [6.07, 6.45) is 4.82. The van der Waals surface area contributed by atoms with Crippen molar-refractivity contribution in [1.82, 2.24) is 10.2 Å². The average Bonchev–Trinajstić information content (AvgIpc) is 3.22. The lowest BCUT2D eigenvalue weighted by atomic mass is 9.99. The Morgan fingerprint density at radius 1 is 1.20 bits per heavy atom. The van der Waals surface area contributed by atoms with Crippen molar-refractivity contribution in [2.75, 3.05) is 26.7 Å². The van der Waals surface area contributed by atoms with Crippen LogP contribution in [-0.4, -0.2) is 42.7 Å². The molecular formula is C17H26N2O. The smallest absolute Gasteiger partial charge is 0.0955 e. The SMILES string of the molecule is CNC(CN1CCCC1)C(O)c1ccc(C2CC2)cc1. The minimum Gasteiger partial charge on any atom is -0.387 e. The van der Waals surface area contributed by atoms with E-state index in [0.29, 0.717) is 0 Å². The number of hydrogen-bond acceptors (Lipinski definition) is 3. The van der Waals surface area contributed by atoms with Crippen LogP contribution in [0.4, 0.5) is 0 Å². The first-order valence-corrected chi connectivity index (χ1v) is 7.95. The number of hydrogen-bond donors (Lipinski definition) is 2. The topological polar surface area (TPSA) is 35.5 Å². The van der Waals surface area contributed by atoms with E-state index in [1.165, 1.54) is 44.3 Å². The molecule has 1 aliphatic heterocycles. The summed E-state index contributed by atoms with van der Waals surface area (Å²) in [5.74, 6) is 0.783. The highest BCUT2D eigenvalue weighted by Crippen LogP contribution is 2.40. The summed E-state index contributed by atoms with van der Waals surface area (Å²) in [6.45, 7) is 3.28. The van der Waals surface area contributed by atoms with Gasteiger partial charge >= 0.3 is 0 Å². The van der Waals surface area contributed by atoms with Crippen molar-refractivity contribution in [3.05, 3.63) is 35.4 Å². The zero-order valence-corrected chi connectivity index (χ0v) is 12.4. The van der Waals surface area contributed by atoms with E-state index in [2.05, 4.69) is 34.5 Å². The van der Waals surface area contributed by atoms with E-state index >= 15 is 0 Å². The number of nitrogens with zero attached hydrogens (tertiary/aromatic N) is 1. The molecule has 20 heavy (non-hydrogen) atoms. The molecule has 1 saturated heterocycles. The number of aliphatic hydroxyl groups is 1. The molecule has 2 unspecified atom stereocenters. The molecule has 1 saturated carbocycles. The van der Waals surface area contributed by atoms with Gasteiger partial charge in [-0.05, 0) is 62.9 Å². The first kappa shape index (κ1) is 14.1. The van der Waals surface area contributed by atoms with Crippen LogP contribution in [-0.2, 0) is 0 Å². The Bertz CT molecular complexity index is 421. The van der Waals surface area contributed by atoms with Gasteiger partial charge in [0.05, 0.1) is 6.10 Å². The number of benzene rings is 1. The van der Waals surface area contributed by atoms with Gasteiger partial charge in [0, 0.05) is 12.6 Å². The minimum absolute atomic E-state index is 0.111. The third kappa shape index (κ3) is 3.22. The van der Waals surface area contributed by atoms with Gasteiger partial charge in [0.1, 0.15) is 0 Å². The quantitative estimate of drug-likeness (QED) is 0.835. The highest BCUT2D eigenvalue weighted by atomic mass is 16.3. The first-order chi connectivity index (χ1) is 9.78. The third-order valence-electron chi connectivity index (χ3n) is 4.73. The summed E-state index contributed by atoms with van der Waals surface area (Å²) >= 11 is 0. The van der Waals surface area contributed by atoms with Crippen LogP contribution in [0.2, 0.25) is 0 Å². The van der Waals surface area contributed by atoms with Gasteiger partial charge in [-0.15, -0.1) is 0 Å². The van der Waals surface area contributed by atoms with Crippen molar-refractivity contribution >= 4 is 0 Å². The van der Waals surface area contributed by atoms with E-state index in [9.17, 15) is 5.11 Å². The molecule has 0 amide bonds. The van der Waals surface area contributed by atoms with E-state index in [4.69, 9.17) is 0 Å². The normalized spacial score (nSPS) is 22.9. The Kier molecular flexibility index (Phi) is 4.39. The second-order valence-corrected chi connectivity index (χ2v) is 6.29. The fourth-order valence-corrected chi connectivity index (χ4v) is 3.21. The molecule has 110 valence electrons. The zero-order valence-electron chi connectivity index (χ0n) is 12.4. The van der Waals surface area contributed by atoms with E-state index in [-0.39, 0.29) is 6.04 Å². The Morgan fingerprint density at radius 3 is 2.40 bits per heavy atom. The van der Waals surface area contributed by atoms with Crippen molar-refractivity contribution in [1.29, 1.82) is 0 Å². The second kappa shape index (κ2) is 6.25. The molecular weight excluding hydrogens is 248 g/mol. The maximum atomic E-state index is 10.6. The molecule has 0 spiro atoms. The molecule has 1 aromatic rings. The van der Waals surface area contributed by atoms with Crippen LogP contribution in [0, 0.1) is 0 Å². The first-order valence-electron chi connectivity index (χ1n) is 7.95. The highest BCUT2D eigenvalue weighted by molar-refractivity contribution is 5.29. The molecule has 2 N–H and O–H groups in total. The van der Waals surface area contributed by atoms with E-state index < -0.39 is 6.10 Å². The summed E-state index contributed by atoms with van der Waals surface area (Å²) in [7, 11) is 1.95. The van der Waals surface area contributed by atoms with Crippen LogP contribution in [0.5, 0.6) is 0 Å². The molecule has 3 nitrogen and oxygen atoms in total. The van der Waals surface area contributed by atoms with Crippen LogP contribution >= 0.6 is 0 Å². The summed E-state index contributed by atoms with van der Waals surface area (Å²) < 4.78 is 0. The lowest BCUT2D eigenvalue weighted by molar-refractivity contribution is 0.110. The van der Waals surface area contributed by atoms with Gasteiger partial charge in [-0.3, -0.25) is 0 Å². The Morgan fingerprint density at radius 2 is 1.85 bits per heavy atom. The van der Waals surface area contributed by atoms with Crippen molar-refractivity contribution in [2.24, 2.45) is 0 Å². The number of likely N-dealkylation sites (N-methyl/N-ethyl adjacent to an activating group) is 1. The van der Waals surface area contributed by atoms with Crippen LogP contribution < -0.4 is 5.32 Å². The lowest BCUT2D eigenvalue weighted by Gasteiger charge is -2.27. The van der Waals surface area contributed by atoms with Crippen molar-refractivity contribution in [3.8, 4) is 0 Å². The molecule has 3 heteroatoms. The number of likely N-dealkylation sites (tertiary alicyclic amines) is 1. The van der Waals surface area contributed by atoms with E-state index in [0.717, 1.165) is 18.0 Å². The minimum atomic E-state index is -0.422. The summed E-state index contributed by atoms with van der Waals surface area (Å²) in [4.78, 5) is 2.45. The molecule has 3 rings (SSSR count). The van der Waals surface area contributed by atoms with Gasteiger partial charge in [-0.2, -0.15) is 0 Å². The van der Waals surface area contributed by atoms with Crippen LogP contribution in [0.1, 0.15) is 48.8 Å². The molecule has 1 aliphatic carbocycles. The van der Waals surface area contributed by atoms with Crippen LogP contribution in [0.15, 0.2) is 24.3 Å². The maximum absolute atomic E-state index is 10.6. The zero-order chi connectivity index (χ0) is 13.9. The highest BCUT2D eigenvalue weighted by Gasteiger charge is 2.26. The van der Waals surface area contributed by atoms with Gasteiger partial charge in [0.2, 0.25) is 0 Å². The van der Waals surface area contributed by atoms with Crippen molar-refractivity contribution in [2.45, 2.75) is 43.7 Å². The Hall–Kier alpha value is -0.900. The number of rotatable bonds is 6. The average molecular weight is 274 g/mol. The Labute approximate surface area is 122 Å². The third-order valence-corrected chi connectivity index (χ3v) is 4.73. The molecule has 0 aromatic heterocycles. The fourth-order valence-electron chi connectivity index (χ4n) is 3.21. The molecule has 0 bridgehead atoms. The molecule has 0 radical (unpaired) electrons. The number of aliphatic hydroxyl groups excluding tert-OH is 1. The molecule has 2 fully saturated rings. The van der Waals surface area contributed by atoms with Gasteiger partial charge in [0.15, 0.2) is 0 Å². The predicted octanol–water partition coefficient (Wildman–Crippen LogP) is 2.28. The maximum Gasteiger partial charge on any atom is 0.0955 e. The lowest BCUT2D eigenvalue weighted by Crippen LogP contribution is -2.42. The fraction of sp³-hybridized carbons (Fsp3) is 0.647. The van der Waals surface area contributed by atoms with Crippen molar-refractivity contribution < 1.29 is 5.11 Å². The summed E-state index contributed by atoms with van der Waals surface area (Å²) in [5.41, 5.74) is 2.47. The van der Waals surface area contributed by atoms with Crippen LogP contribution in [0.25, 0.3) is 0 Å². The van der Waals surface area contributed by atoms with Gasteiger partial charge in [-0.1, -0.05) is 24.3 Å². The van der Waals surface area contributed by atoms with Gasteiger partial charge < -0.3 is 15.3 Å². The predicted molar refractivity (Wildman–Crippen MR) is 81.9 cm³/mol. The van der Waals surface area contributed by atoms with Crippen LogP contribution in [0.3, 0.4) is 0 Å². The number of nitrogens with one attached hydrogen (secondary N) is 1. The van der Waals surface area contributed by atoms with Gasteiger partial charge in [-0.25, -0.2) is 0 Å². The second-order valence-electron chi connectivity index (χ2n) is 6.29. The summed E-state index contributed by atoms with van der Waals surface area (Å²) in [6, 6.07) is 8.71. The van der Waals surface area contributed by atoms with Crippen molar-refractivity contribution in [3.63, 3.8) is 0 Å². The van der Waals surface area contributed by atoms with E-state index in [1.54, 1.807) is 0 Å². The molecule has 2 atom stereocenters. The molecule has 1 aromatic carbocycles. The largest absolute Gasteiger partial charge is 0.387 e. The van der Waals surface area contributed by atoms with E-state index in [1.807, 2.05) is 7.05 Å². The Balaban J connectivity index is 1.63.